The fraction of sp³-hybridized carbons (Fsp3) is 0.231. The van der Waals surface area contributed by atoms with E-state index in [4.69, 9.17) is 9.05 Å². The van der Waals surface area contributed by atoms with Crippen molar-refractivity contribution < 1.29 is 36.0 Å². The fourth-order valence-corrected chi connectivity index (χ4v) is 5.60. The second-order valence-corrected chi connectivity index (χ2v) is 10.3. The summed E-state index contributed by atoms with van der Waals surface area (Å²) in [7, 11) is -3.29. The molecule has 0 atom stereocenters. The lowest BCUT2D eigenvalue weighted by molar-refractivity contribution is -0.145. The van der Waals surface area contributed by atoms with E-state index in [1.165, 1.54) is 30.3 Å². The molecule has 0 aliphatic rings. The van der Waals surface area contributed by atoms with Crippen LogP contribution in [0.25, 0.3) is 16.7 Å². The first-order chi connectivity index (χ1) is 18.0. The Morgan fingerprint density at radius 2 is 1.61 bits per heavy atom. The lowest BCUT2D eigenvalue weighted by Crippen LogP contribution is -2.14. The number of hydrogen-bond donors (Lipinski definition) is 1. The minimum absolute atomic E-state index is 0.0237. The zero-order chi connectivity index (χ0) is 27.5. The number of imidazole rings is 1. The molecule has 1 aromatic heterocycles. The number of aromatic nitrogens is 2. The van der Waals surface area contributed by atoms with Crippen LogP contribution in [0.3, 0.4) is 0 Å². The molecule has 0 fully saturated rings. The van der Waals surface area contributed by atoms with Crippen LogP contribution in [0, 0.1) is 5.82 Å². The van der Waals surface area contributed by atoms with Gasteiger partial charge in [-0.25, -0.2) is 9.37 Å². The van der Waals surface area contributed by atoms with Gasteiger partial charge in [0.15, 0.2) is 0 Å². The van der Waals surface area contributed by atoms with Crippen LogP contribution in [0.15, 0.2) is 66.7 Å². The number of nitrogens with zero attached hydrogens (tertiary/aromatic N) is 2. The van der Waals surface area contributed by atoms with Crippen LogP contribution in [-0.4, -0.2) is 28.7 Å². The number of hydrogen-bond acceptors (Lipinski definition) is 5. The number of rotatable bonds is 9. The molecule has 38 heavy (non-hydrogen) atoms. The highest BCUT2D eigenvalue weighted by molar-refractivity contribution is 7.53. The maximum Gasteiger partial charge on any atom is 0.450 e. The molecule has 12 heteroatoms. The van der Waals surface area contributed by atoms with Crippen LogP contribution in [-0.2, 0) is 26.0 Å². The van der Waals surface area contributed by atoms with Crippen LogP contribution in [0.2, 0.25) is 0 Å². The molecule has 4 aromatic rings. The number of carbonyl (C=O) groups is 1. The van der Waals surface area contributed by atoms with Crippen molar-refractivity contribution >= 4 is 30.2 Å². The molecule has 1 heterocycles. The highest BCUT2D eigenvalue weighted by Gasteiger charge is 2.38. The maximum absolute atomic E-state index is 13.7. The summed E-state index contributed by atoms with van der Waals surface area (Å²) in [5.41, 5.74) is 1.30. The number of amides is 1. The summed E-state index contributed by atoms with van der Waals surface area (Å²) < 4.78 is 78.8. The summed E-state index contributed by atoms with van der Waals surface area (Å²) in [5.74, 6) is -2.35. The molecule has 0 aliphatic carbocycles. The van der Waals surface area contributed by atoms with Crippen molar-refractivity contribution in [2.45, 2.75) is 26.2 Å². The summed E-state index contributed by atoms with van der Waals surface area (Å²) in [5, 5.41) is 2.70. The smallest absolute Gasteiger partial charge is 0.322 e. The summed E-state index contributed by atoms with van der Waals surface area (Å²) in [6.45, 7) is 3.91. The molecular formula is C26H24F4N3O4P. The molecular weight excluding hydrogens is 525 g/mol. The summed E-state index contributed by atoms with van der Waals surface area (Å²) >= 11 is 0. The van der Waals surface area contributed by atoms with Gasteiger partial charge in [-0.3, -0.25) is 13.9 Å². The van der Waals surface area contributed by atoms with Gasteiger partial charge < -0.3 is 14.4 Å². The molecule has 3 aromatic carbocycles. The molecule has 0 radical (unpaired) electrons. The van der Waals surface area contributed by atoms with Crippen LogP contribution in [0.4, 0.5) is 23.2 Å². The number of anilines is 1. The van der Waals surface area contributed by atoms with Crippen LogP contribution < -0.4 is 5.32 Å². The third-order valence-electron chi connectivity index (χ3n) is 5.49. The van der Waals surface area contributed by atoms with E-state index in [0.29, 0.717) is 11.3 Å². The Hall–Kier alpha value is -3.53. The average molecular weight is 549 g/mol. The van der Waals surface area contributed by atoms with Crippen molar-refractivity contribution in [3.63, 3.8) is 0 Å². The predicted molar refractivity (Wildman–Crippen MR) is 135 cm³/mol. The third kappa shape index (κ3) is 6.12. The molecule has 0 saturated carbocycles. The standard InChI is InChI=1S/C26H24F4N3O4P/c1-3-36-38(35,37-4-2)16-17-5-10-20(11-6-17)31-24(34)18-7-14-22-23(15-18)33(25(32-22)26(28,29)30)21-12-8-19(27)9-13-21/h5-15H,3-4,16H2,1-2H3,(H,31,34). The van der Waals surface area contributed by atoms with Crippen LogP contribution >= 0.6 is 7.60 Å². The Balaban J connectivity index is 1.60. The van der Waals surface area contributed by atoms with E-state index >= 15 is 0 Å². The van der Waals surface area contributed by atoms with E-state index in [9.17, 15) is 26.9 Å². The van der Waals surface area contributed by atoms with Crippen LogP contribution in [0.5, 0.6) is 0 Å². The van der Waals surface area contributed by atoms with Crippen LogP contribution in [0.1, 0.15) is 35.6 Å². The number of halogens is 4. The Bertz CT molecular complexity index is 1480. The Labute approximate surface area is 215 Å². The molecule has 4 rings (SSSR count). The summed E-state index contributed by atoms with van der Waals surface area (Å²) in [6.07, 6.45) is -4.72. The average Bonchev–Trinajstić information content (AvgIpc) is 3.25. The number of nitrogens with one attached hydrogen (secondary N) is 1. The first-order valence-electron chi connectivity index (χ1n) is 11.7. The quantitative estimate of drug-likeness (QED) is 0.176. The molecule has 0 aliphatic heterocycles. The van der Waals surface area contributed by atoms with Gasteiger partial charge in [-0.2, -0.15) is 13.2 Å². The molecule has 1 N–H and O–H groups in total. The number of benzene rings is 3. The topological polar surface area (TPSA) is 82.5 Å². The zero-order valence-corrected chi connectivity index (χ0v) is 21.4. The number of alkyl halides is 3. The monoisotopic (exact) mass is 549 g/mol. The van der Waals surface area contributed by atoms with E-state index in [1.807, 2.05) is 0 Å². The minimum Gasteiger partial charge on any atom is -0.322 e. The molecule has 0 bridgehead atoms. The largest absolute Gasteiger partial charge is 0.450 e. The predicted octanol–water partition coefficient (Wildman–Crippen LogP) is 7.20. The highest BCUT2D eigenvalue weighted by Crippen LogP contribution is 2.51. The minimum atomic E-state index is -4.79. The van der Waals surface area contributed by atoms with E-state index in [0.717, 1.165) is 16.7 Å². The fourth-order valence-electron chi connectivity index (χ4n) is 3.90. The molecule has 200 valence electrons. The molecule has 0 unspecified atom stereocenters. The lowest BCUT2D eigenvalue weighted by Gasteiger charge is -2.17. The maximum atomic E-state index is 13.7. The molecule has 0 spiro atoms. The highest BCUT2D eigenvalue weighted by atomic mass is 31.2. The van der Waals surface area contributed by atoms with Crippen molar-refractivity contribution in [3.8, 4) is 5.69 Å². The van der Waals surface area contributed by atoms with Crippen molar-refractivity contribution in [3.05, 3.63) is 89.5 Å². The van der Waals surface area contributed by atoms with Gasteiger partial charge in [0.2, 0.25) is 5.82 Å². The summed E-state index contributed by atoms with van der Waals surface area (Å²) in [4.78, 5) is 16.6. The van der Waals surface area contributed by atoms with Crippen molar-refractivity contribution in [1.29, 1.82) is 0 Å². The molecule has 1 amide bonds. The second-order valence-electron chi connectivity index (χ2n) is 8.20. The lowest BCUT2D eigenvalue weighted by atomic mass is 10.1. The van der Waals surface area contributed by atoms with Gasteiger partial charge in [-0.15, -0.1) is 0 Å². The van der Waals surface area contributed by atoms with Gasteiger partial charge in [-0.05, 0) is 74.0 Å². The first-order valence-corrected chi connectivity index (χ1v) is 13.4. The Kier molecular flexibility index (Phi) is 8.01. The van der Waals surface area contributed by atoms with E-state index < -0.39 is 31.3 Å². The Morgan fingerprint density at radius 3 is 2.18 bits per heavy atom. The van der Waals surface area contributed by atoms with Gasteiger partial charge in [-0.1, -0.05) is 12.1 Å². The summed E-state index contributed by atoms with van der Waals surface area (Å²) in [6, 6.07) is 15.0. The van der Waals surface area contributed by atoms with E-state index in [1.54, 1.807) is 38.1 Å². The van der Waals surface area contributed by atoms with E-state index in [2.05, 4.69) is 10.3 Å². The van der Waals surface area contributed by atoms with Crippen molar-refractivity contribution in [1.82, 2.24) is 9.55 Å². The van der Waals surface area contributed by atoms with Gasteiger partial charge in [0.25, 0.3) is 5.91 Å². The zero-order valence-electron chi connectivity index (χ0n) is 20.5. The number of carbonyl (C=O) groups excluding carboxylic acids is 1. The van der Waals surface area contributed by atoms with Gasteiger partial charge >= 0.3 is 13.8 Å². The van der Waals surface area contributed by atoms with Gasteiger partial charge in [0.05, 0.1) is 30.4 Å². The first kappa shape index (κ1) is 27.5. The van der Waals surface area contributed by atoms with E-state index in [-0.39, 0.29) is 41.7 Å². The normalized spacial score (nSPS) is 12.2. The second kappa shape index (κ2) is 11.1. The third-order valence-corrected chi connectivity index (χ3v) is 7.55. The molecule has 7 nitrogen and oxygen atoms in total. The van der Waals surface area contributed by atoms with Gasteiger partial charge in [0.1, 0.15) is 5.82 Å². The van der Waals surface area contributed by atoms with Crippen molar-refractivity contribution in [2.24, 2.45) is 0 Å². The number of fused-ring (bicyclic) bond motifs is 1. The van der Waals surface area contributed by atoms with Gasteiger partial charge in [0, 0.05) is 16.9 Å². The molecule has 0 saturated heterocycles. The SMILES string of the molecule is CCOP(=O)(Cc1ccc(NC(=O)c2ccc3nc(C(F)(F)F)n(-c4ccc(F)cc4)c3c2)cc1)OCC. The Morgan fingerprint density at radius 1 is 0.974 bits per heavy atom. The van der Waals surface area contributed by atoms with Crippen molar-refractivity contribution in [2.75, 3.05) is 18.5 Å².